The Hall–Kier alpha value is -3.21. The van der Waals surface area contributed by atoms with E-state index >= 15 is 0 Å². The Labute approximate surface area is 152 Å². The van der Waals surface area contributed by atoms with Gasteiger partial charge in [-0.05, 0) is 37.8 Å². The van der Waals surface area contributed by atoms with Gasteiger partial charge in [-0.3, -0.25) is 9.89 Å². The number of aromatic nitrogens is 2. The average molecular weight is 344 g/mol. The molecule has 26 heavy (non-hydrogen) atoms. The van der Waals surface area contributed by atoms with Crippen LogP contribution in [0.15, 0.2) is 53.6 Å². The van der Waals surface area contributed by atoms with Gasteiger partial charge < -0.3 is 0 Å². The zero-order valence-electron chi connectivity index (χ0n) is 14.8. The Morgan fingerprint density at radius 3 is 2.69 bits per heavy atom. The number of carbonyl (C=O) groups is 1. The number of benzene rings is 2. The van der Waals surface area contributed by atoms with Gasteiger partial charge in [0.1, 0.15) is 5.69 Å². The number of aromatic amines is 1. The van der Waals surface area contributed by atoms with Crippen molar-refractivity contribution in [2.45, 2.75) is 26.7 Å². The van der Waals surface area contributed by atoms with Crippen molar-refractivity contribution < 1.29 is 4.79 Å². The van der Waals surface area contributed by atoms with Crippen LogP contribution in [0.1, 0.15) is 39.7 Å². The number of H-pyrrole nitrogens is 1. The van der Waals surface area contributed by atoms with E-state index in [-0.39, 0.29) is 5.91 Å². The highest BCUT2D eigenvalue weighted by molar-refractivity contribution is 6.01. The fraction of sp³-hybridized carbons (Fsp3) is 0.190. The molecule has 0 radical (unpaired) electrons. The lowest BCUT2D eigenvalue weighted by molar-refractivity contribution is 0.0949. The van der Waals surface area contributed by atoms with Crippen molar-refractivity contribution in [1.82, 2.24) is 15.6 Å². The van der Waals surface area contributed by atoms with Gasteiger partial charge in [0.05, 0.1) is 11.4 Å². The summed E-state index contributed by atoms with van der Waals surface area (Å²) < 4.78 is 0. The molecule has 1 amide bonds. The molecule has 0 atom stereocenters. The third kappa shape index (κ3) is 2.92. The first-order valence-electron chi connectivity index (χ1n) is 8.70. The summed E-state index contributed by atoms with van der Waals surface area (Å²) in [6, 6.07) is 16.2. The number of hydrogen-bond donors (Lipinski definition) is 2. The highest BCUT2D eigenvalue weighted by Crippen LogP contribution is 2.33. The summed E-state index contributed by atoms with van der Waals surface area (Å²) in [7, 11) is 0. The van der Waals surface area contributed by atoms with Crippen LogP contribution in [-0.4, -0.2) is 21.8 Å². The van der Waals surface area contributed by atoms with Crippen molar-refractivity contribution in [2.75, 3.05) is 0 Å². The molecule has 130 valence electrons. The van der Waals surface area contributed by atoms with E-state index in [4.69, 9.17) is 0 Å². The van der Waals surface area contributed by atoms with Gasteiger partial charge in [0.2, 0.25) is 0 Å². The molecule has 3 aromatic rings. The number of aryl methyl sites for hydroxylation is 2. The van der Waals surface area contributed by atoms with E-state index < -0.39 is 0 Å². The van der Waals surface area contributed by atoms with Crippen molar-refractivity contribution in [1.29, 1.82) is 0 Å². The lowest BCUT2D eigenvalue weighted by Gasteiger charge is -2.15. The minimum Gasteiger partial charge on any atom is -0.272 e. The summed E-state index contributed by atoms with van der Waals surface area (Å²) in [4.78, 5) is 12.6. The number of nitrogens with one attached hydrogen (secondary N) is 2. The third-order valence-corrected chi connectivity index (χ3v) is 4.81. The van der Waals surface area contributed by atoms with Gasteiger partial charge in [0.25, 0.3) is 5.91 Å². The van der Waals surface area contributed by atoms with Crippen molar-refractivity contribution in [2.24, 2.45) is 5.10 Å². The summed E-state index contributed by atoms with van der Waals surface area (Å²) >= 11 is 0. The lowest BCUT2D eigenvalue weighted by Crippen LogP contribution is -2.21. The van der Waals surface area contributed by atoms with Crippen molar-refractivity contribution in [3.63, 3.8) is 0 Å². The van der Waals surface area contributed by atoms with Gasteiger partial charge in [-0.25, -0.2) is 5.43 Å². The smallest absolute Gasteiger partial charge is 0.272 e. The van der Waals surface area contributed by atoms with Crippen LogP contribution in [0.3, 0.4) is 0 Å². The predicted octanol–water partition coefficient (Wildman–Crippen LogP) is 3.64. The number of hydrogen-bond acceptors (Lipinski definition) is 3. The fourth-order valence-electron chi connectivity index (χ4n) is 3.30. The normalized spacial score (nSPS) is 13.1. The molecule has 1 aromatic heterocycles. The molecular formula is C21H20N4O. The van der Waals surface area contributed by atoms with Crippen LogP contribution in [0, 0.1) is 6.92 Å². The van der Waals surface area contributed by atoms with Gasteiger partial charge in [-0.2, -0.15) is 10.2 Å². The van der Waals surface area contributed by atoms with Crippen LogP contribution in [0.4, 0.5) is 0 Å². The van der Waals surface area contributed by atoms with Gasteiger partial charge in [0.15, 0.2) is 0 Å². The molecule has 0 unspecified atom stereocenters. The lowest BCUT2D eigenvalue weighted by atomic mass is 9.89. The molecule has 5 heteroatoms. The van der Waals surface area contributed by atoms with E-state index in [0.717, 1.165) is 40.9 Å². The van der Waals surface area contributed by atoms with Crippen LogP contribution >= 0.6 is 0 Å². The second kappa shape index (κ2) is 6.59. The van der Waals surface area contributed by atoms with E-state index in [0.29, 0.717) is 5.69 Å². The molecule has 2 N–H and O–H groups in total. The minimum absolute atomic E-state index is 0.260. The van der Waals surface area contributed by atoms with E-state index in [1.54, 1.807) is 0 Å². The molecule has 0 fully saturated rings. The molecule has 1 heterocycles. The molecular weight excluding hydrogens is 324 g/mol. The second-order valence-corrected chi connectivity index (χ2v) is 6.59. The first kappa shape index (κ1) is 16.3. The van der Waals surface area contributed by atoms with Gasteiger partial charge in [-0.1, -0.05) is 54.1 Å². The standard InChI is InChI=1S/C21H20N4O/c1-13-7-9-15(10-8-13)14(2)22-25-21(26)20-18-12-11-16-5-3-4-6-17(16)19(18)23-24-20/h3-10H,11-12H2,1-2H3,(H,23,24)(H,25,26). The van der Waals surface area contributed by atoms with Gasteiger partial charge in [0, 0.05) is 11.1 Å². The zero-order valence-corrected chi connectivity index (χ0v) is 14.8. The maximum absolute atomic E-state index is 12.6. The molecule has 1 aliphatic rings. The van der Waals surface area contributed by atoms with E-state index in [9.17, 15) is 4.79 Å². The third-order valence-electron chi connectivity index (χ3n) is 4.81. The topological polar surface area (TPSA) is 70.1 Å². The minimum atomic E-state index is -0.260. The largest absolute Gasteiger partial charge is 0.289 e. The number of amides is 1. The highest BCUT2D eigenvalue weighted by atomic mass is 16.2. The van der Waals surface area contributed by atoms with Crippen LogP contribution in [-0.2, 0) is 12.8 Å². The highest BCUT2D eigenvalue weighted by Gasteiger charge is 2.24. The molecule has 0 bridgehead atoms. The van der Waals surface area contributed by atoms with E-state index in [2.05, 4.69) is 32.9 Å². The Balaban J connectivity index is 1.56. The van der Waals surface area contributed by atoms with Gasteiger partial charge >= 0.3 is 0 Å². The summed E-state index contributed by atoms with van der Waals surface area (Å²) in [6.45, 7) is 3.92. The number of fused-ring (bicyclic) bond motifs is 3. The summed E-state index contributed by atoms with van der Waals surface area (Å²) in [6.07, 6.45) is 1.71. The molecule has 0 saturated heterocycles. The number of hydrazone groups is 1. The van der Waals surface area contributed by atoms with Crippen molar-refractivity contribution >= 4 is 11.6 Å². The first-order chi connectivity index (χ1) is 12.6. The molecule has 1 aliphatic carbocycles. The number of carbonyl (C=O) groups excluding carboxylic acids is 1. The number of nitrogens with zero attached hydrogens (tertiary/aromatic N) is 2. The van der Waals surface area contributed by atoms with Crippen molar-refractivity contribution in [3.05, 3.63) is 76.5 Å². The quantitative estimate of drug-likeness (QED) is 0.562. The maximum Gasteiger partial charge on any atom is 0.289 e. The first-order valence-corrected chi connectivity index (χ1v) is 8.70. The maximum atomic E-state index is 12.6. The zero-order chi connectivity index (χ0) is 18.1. The Morgan fingerprint density at radius 2 is 1.88 bits per heavy atom. The Bertz CT molecular complexity index is 999. The van der Waals surface area contributed by atoms with Gasteiger partial charge in [-0.15, -0.1) is 0 Å². The SMILES string of the molecule is CC(=NNC(=O)c1[nH]nc2c1CCc1ccccc1-2)c1ccc(C)cc1. The monoisotopic (exact) mass is 344 g/mol. The Kier molecular flexibility index (Phi) is 4.13. The van der Waals surface area contributed by atoms with E-state index in [1.165, 1.54) is 11.1 Å². The molecule has 5 nitrogen and oxygen atoms in total. The van der Waals surface area contributed by atoms with E-state index in [1.807, 2.05) is 50.2 Å². The average Bonchev–Trinajstić information content (AvgIpc) is 3.11. The summed E-state index contributed by atoms with van der Waals surface area (Å²) in [5.74, 6) is -0.260. The van der Waals surface area contributed by atoms with Crippen molar-refractivity contribution in [3.8, 4) is 11.3 Å². The molecule has 0 aliphatic heterocycles. The van der Waals surface area contributed by atoms with Crippen LogP contribution in [0.5, 0.6) is 0 Å². The van der Waals surface area contributed by atoms with Crippen LogP contribution in [0.2, 0.25) is 0 Å². The fourth-order valence-corrected chi connectivity index (χ4v) is 3.30. The summed E-state index contributed by atoms with van der Waals surface area (Å²) in [5, 5.41) is 11.5. The number of rotatable bonds is 3. The predicted molar refractivity (Wildman–Crippen MR) is 102 cm³/mol. The Morgan fingerprint density at radius 1 is 1.12 bits per heavy atom. The molecule has 2 aromatic carbocycles. The second-order valence-electron chi connectivity index (χ2n) is 6.59. The molecule has 0 saturated carbocycles. The molecule has 0 spiro atoms. The van der Waals surface area contributed by atoms with Crippen LogP contribution in [0.25, 0.3) is 11.3 Å². The molecule has 4 rings (SSSR count). The van der Waals surface area contributed by atoms with Crippen LogP contribution < -0.4 is 5.43 Å². The summed E-state index contributed by atoms with van der Waals surface area (Å²) in [5.41, 5.74) is 10.3.